The molecule has 0 aromatic heterocycles. The summed E-state index contributed by atoms with van der Waals surface area (Å²) < 4.78 is 0. The number of rotatable bonds is 5. The van der Waals surface area contributed by atoms with Gasteiger partial charge in [-0.15, -0.1) is 0 Å². The summed E-state index contributed by atoms with van der Waals surface area (Å²) in [5, 5.41) is 10.6. The fraction of sp³-hybridized carbons (Fsp3) is 0.368. The third kappa shape index (κ3) is 4.25. The summed E-state index contributed by atoms with van der Waals surface area (Å²) in [5.41, 5.74) is 3.41. The van der Waals surface area contributed by atoms with Crippen molar-refractivity contribution in [3.63, 3.8) is 0 Å². The van der Waals surface area contributed by atoms with Gasteiger partial charge in [0.05, 0.1) is 0 Å². The highest BCUT2D eigenvalue weighted by atomic mass is 15.0. The molecule has 3 rings (SSSR count). The molecular formula is C19H25N3. The van der Waals surface area contributed by atoms with Crippen LogP contribution in [0.4, 0.5) is 17.1 Å². The van der Waals surface area contributed by atoms with Gasteiger partial charge < -0.3 is 16.0 Å². The molecule has 2 atom stereocenters. The average molecular weight is 295 g/mol. The van der Waals surface area contributed by atoms with Crippen molar-refractivity contribution in [3.05, 3.63) is 54.6 Å². The number of para-hydroxylation sites is 1. The van der Waals surface area contributed by atoms with Crippen LogP contribution in [-0.4, -0.2) is 18.6 Å². The lowest BCUT2D eigenvalue weighted by atomic mass is 9.99. The zero-order valence-corrected chi connectivity index (χ0v) is 13.2. The van der Waals surface area contributed by atoms with E-state index in [4.69, 9.17) is 0 Å². The molecule has 3 heteroatoms. The van der Waals surface area contributed by atoms with Crippen molar-refractivity contribution in [1.29, 1.82) is 0 Å². The second kappa shape index (κ2) is 7.32. The van der Waals surface area contributed by atoms with Crippen LogP contribution in [0.2, 0.25) is 0 Å². The maximum Gasteiger partial charge on any atom is 0.0385 e. The van der Waals surface area contributed by atoms with Gasteiger partial charge in [-0.3, -0.25) is 0 Å². The molecule has 1 aliphatic heterocycles. The molecule has 2 unspecified atom stereocenters. The molecule has 0 spiro atoms. The minimum atomic E-state index is 0.589. The predicted octanol–water partition coefficient (Wildman–Crippen LogP) is 4.37. The van der Waals surface area contributed by atoms with Crippen molar-refractivity contribution >= 4 is 17.1 Å². The molecule has 116 valence electrons. The van der Waals surface area contributed by atoms with Gasteiger partial charge in [-0.2, -0.15) is 0 Å². The molecular weight excluding hydrogens is 270 g/mol. The Balaban J connectivity index is 1.51. The quantitative estimate of drug-likeness (QED) is 0.766. The van der Waals surface area contributed by atoms with E-state index in [0.717, 1.165) is 17.9 Å². The van der Waals surface area contributed by atoms with Gasteiger partial charge in [-0.05, 0) is 56.2 Å². The third-order valence-corrected chi connectivity index (χ3v) is 4.21. The van der Waals surface area contributed by atoms with Gasteiger partial charge in [0, 0.05) is 35.7 Å². The lowest BCUT2D eigenvalue weighted by Gasteiger charge is -2.29. The lowest BCUT2D eigenvalue weighted by Crippen LogP contribution is -2.44. The molecule has 0 saturated carbocycles. The largest absolute Gasteiger partial charge is 0.383 e. The summed E-state index contributed by atoms with van der Waals surface area (Å²) in [7, 11) is 0. The van der Waals surface area contributed by atoms with Crippen LogP contribution in [0.1, 0.15) is 26.2 Å². The van der Waals surface area contributed by atoms with Crippen molar-refractivity contribution in [2.45, 2.75) is 38.3 Å². The molecule has 0 amide bonds. The second-order valence-corrected chi connectivity index (χ2v) is 6.14. The van der Waals surface area contributed by atoms with Gasteiger partial charge in [0.1, 0.15) is 0 Å². The van der Waals surface area contributed by atoms with Gasteiger partial charge in [0.2, 0.25) is 0 Å². The number of hydrogen-bond donors (Lipinski definition) is 3. The Morgan fingerprint density at radius 3 is 2.32 bits per heavy atom. The summed E-state index contributed by atoms with van der Waals surface area (Å²) in [4.78, 5) is 0. The first-order valence-corrected chi connectivity index (χ1v) is 8.22. The number of benzene rings is 2. The van der Waals surface area contributed by atoms with Crippen molar-refractivity contribution in [2.75, 3.05) is 17.2 Å². The monoisotopic (exact) mass is 295 g/mol. The molecule has 2 aromatic rings. The van der Waals surface area contributed by atoms with Gasteiger partial charge in [0.25, 0.3) is 0 Å². The topological polar surface area (TPSA) is 36.1 Å². The molecule has 3 nitrogen and oxygen atoms in total. The molecule has 2 aromatic carbocycles. The highest BCUT2D eigenvalue weighted by Crippen LogP contribution is 2.19. The van der Waals surface area contributed by atoms with Crippen LogP contribution in [0, 0.1) is 0 Å². The molecule has 22 heavy (non-hydrogen) atoms. The van der Waals surface area contributed by atoms with Crippen LogP contribution in [-0.2, 0) is 0 Å². The van der Waals surface area contributed by atoms with Crippen molar-refractivity contribution in [1.82, 2.24) is 5.32 Å². The maximum absolute atomic E-state index is 3.66. The van der Waals surface area contributed by atoms with Gasteiger partial charge in [0.15, 0.2) is 0 Å². The number of anilines is 3. The molecule has 1 heterocycles. The Hall–Kier alpha value is -2.00. The van der Waals surface area contributed by atoms with E-state index in [2.05, 4.69) is 59.3 Å². The van der Waals surface area contributed by atoms with E-state index < -0.39 is 0 Å². The smallest absolute Gasteiger partial charge is 0.0385 e. The summed E-state index contributed by atoms with van der Waals surface area (Å²) in [5.74, 6) is 0. The standard InChI is InChI=1S/C19H25N3/c1-15-6-5-9-19(21-15)14-20-16-10-12-18(13-11-16)22-17-7-3-2-4-8-17/h2-4,7-8,10-13,15,19-22H,5-6,9,14H2,1H3. The first kappa shape index (κ1) is 14.9. The first-order chi connectivity index (χ1) is 10.8. The second-order valence-electron chi connectivity index (χ2n) is 6.14. The number of nitrogens with one attached hydrogen (secondary N) is 3. The van der Waals surface area contributed by atoms with Gasteiger partial charge >= 0.3 is 0 Å². The number of piperidine rings is 1. The van der Waals surface area contributed by atoms with Crippen LogP contribution >= 0.6 is 0 Å². The van der Waals surface area contributed by atoms with Crippen LogP contribution in [0.3, 0.4) is 0 Å². The first-order valence-electron chi connectivity index (χ1n) is 8.22. The van der Waals surface area contributed by atoms with Crippen molar-refractivity contribution < 1.29 is 0 Å². The fourth-order valence-corrected chi connectivity index (χ4v) is 3.00. The molecule has 3 N–H and O–H groups in total. The number of hydrogen-bond acceptors (Lipinski definition) is 3. The SMILES string of the molecule is CC1CCCC(CNc2ccc(Nc3ccccc3)cc2)N1. The fourth-order valence-electron chi connectivity index (χ4n) is 3.00. The van der Waals surface area contributed by atoms with E-state index in [9.17, 15) is 0 Å². The minimum Gasteiger partial charge on any atom is -0.383 e. The summed E-state index contributed by atoms with van der Waals surface area (Å²) >= 11 is 0. The van der Waals surface area contributed by atoms with Crippen LogP contribution in [0.5, 0.6) is 0 Å². The third-order valence-electron chi connectivity index (χ3n) is 4.21. The van der Waals surface area contributed by atoms with Crippen LogP contribution < -0.4 is 16.0 Å². The summed E-state index contributed by atoms with van der Waals surface area (Å²) in [6.07, 6.45) is 3.90. The Labute approximate surface area is 133 Å². The normalized spacial score (nSPS) is 21.3. The Morgan fingerprint density at radius 1 is 0.909 bits per heavy atom. The molecule has 0 radical (unpaired) electrons. The molecule has 1 aliphatic rings. The molecule has 0 aliphatic carbocycles. The van der Waals surface area contributed by atoms with E-state index in [1.54, 1.807) is 0 Å². The average Bonchev–Trinajstić information content (AvgIpc) is 2.55. The zero-order valence-electron chi connectivity index (χ0n) is 13.2. The van der Waals surface area contributed by atoms with Crippen molar-refractivity contribution in [2.24, 2.45) is 0 Å². The maximum atomic E-state index is 3.66. The van der Waals surface area contributed by atoms with Gasteiger partial charge in [-0.25, -0.2) is 0 Å². The van der Waals surface area contributed by atoms with Crippen LogP contribution in [0.25, 0.3) is 0 Å². The Morgan fingerprint density at radius 2 is 1.59 bits per heavy atom. The van der Waals surface area contributed by atoms with Gasteiger partial charge in [-0.1, -0.05) is 24.6 Å². The predicted molar refractivity (Wildman–Crippen MR) is 94.9 cm³/mol. The Bertz CT molecular complexity index is 565. The van der Waals surface area contributed by atoms with Crippen LogP contribution in [0.15, 0.2) is 54.6 Å². The lowest BCUT2D eigenvalue weighted by molar-refractivity contribution is 0.345. The van der Waals surface area contributed by atoms with E-state index >= 15 is 0 Å². The highest BCUT2D eigenvalue weighted by Gasteiger charge is 2.16. The summed E-state index contributed by atoms with van der Waals surface area (Å²) in [6.45, 7) is 3.27. The van der Waals surface area contributed by atoms with Crippen molar-refractivity contribution in [3.8, 4) is 0 Å². The van der Waals surface area contributed by atoms with E-state index in [1.807, 2.05) is 18.2 Å². The van der Waals surface area contributed by atoms with E-state index in [1.165, 1.54) is 24.9 Å². The molecule has 1 saturated heterocycles. The zero-order chi connectivity index (χ0) is 15.2. The molecule has 0 bridgehead atoms. The van der Waals surface area contributed by atoms with E-state index in [0.29, 0.717) is 12.1 Å². The summed E-state index contributed by atoms with van der Waals surface area (Å²) in [6, 6.07) is 20.0. The minimum absolute atomic E-state index is 0.589. The highest BCUT2D eigenvalue weighted by molar-refractivity contribution is 5.62. The van der Waals surface area contributed by atoms with E-state index in [-0.39, 0.29) is 0 Å². The Kier molecular flexibility index (Phi) is 4.96. The molecule has 1 fully saturated rings.